The number of amides is 2. The minimum absolute atomic E-state index is 0.0380. The van der Waals surface area contributed by atoms with Gasteiger partial charge in [0.1, 0.15) is 5.00 Å². The highest BCUT2D eigenvalue weighted by atomic mass is 32.1. The number of nitrogens with zero attached hydrogens (tertiary/aromatic N) is 1. The van der Waals surface area contributed by atoms with Gasteiger partial charge < -0.3 is 10.2 Å². The van der Waals surface area contributed by atoms with Gasteiger partial charge in [-0.15, -0.1) is 11.3 Å². The van der Waals surface area contributed by atoms with Gasteiger partial charge in [-0.25, -0.2) is 0 Å². The summed E-state index contributed by atoms with van der Waals surface area (Å²) < 4.78 is 0. The van der Waals surface area contributed by atoms with Crippen molar-refractivity contribution in [2.45, 2.75) is 83.5 Å². The van der Waals surface area contributed by atoms with Gasteiger partial charge in [-0.05, 0) is 49.7 Å². The number of carbonyl (C=O) groups excluding carboxylic acids is 2. The standard InChI is InChI=1S/C27H36N2O2S/c30-24(20-21-14-8-7-9-15-21)28-26-25(27(31)29-18-12-13-19-29)22-16-10-5-3-1-2-4-6-11-17-23(22)32-26/h7-9,14-15H,1-6,10-13,16-20H2,(H,28,30). The molecule has 2 heterocycles. The number of rotatable bonds is 4. The maximum atomic E-state index is 13.6. The van der Waals surface area contributed by atoms with Crippen molar-refractivity contribution >= 4 is 28.2 Å². The molecule has 32 heavy (non-hydrogen) atoms. The van der Waals surface area contributed by atoms with Gasteiger partial charge >= 0.3 is 0 Å². The van der Waals surface area contributed by atoms with E-state index in [4.69, 9.17) is 0 Å². The molecule has 4 rings (SSSR count). The molecule has 0 unspecified atom stereocenters. The van der Waals surface area contributed by atoms with E-state index >= 15 is 0 Å². The molecule has 1 saturated heterocycles. The lowest BCUT2D eigenvalue weighted by Crippen LogP contribution is -2.29. The highest BCUT2D eigenvalue weighted by Crippen LogP contribution is 2.38. The number of nitrogens with one attached hydrogen (secondary N) is 1. The number of hydrogen-bond acceptors (Lipinski definition) is 3. The van der Waals surface area contributed by atoms with E-state index in [0.717, 1.165) is 61.3 Å². The van der Waals surface area contributed by atoms with E-state index in [-0.39, 0.29) is 11.8 Å². The number of benzene rings is 1. The van der Waals surface area contributed by atoms with Crippen LogP contribution in [0.3, 0.4) is 0 Å². The second kappa shape index (κ2) is 11.6. The zero-order valence-electron chi connectivity index (χ0n) is 19.2. The molecule has 1 aliphatic carbocycles. The summed E-state index contributed by atoms with van der Waals surface area (Å²) in [4.78, 5) is 29.8. The summed E-state index contributed by atoms with van der Waals surface area (Å²) in [6.07, 6.45) is 14.5. The van der Waals surface area contributed by atoms with Crippen LogP contribution in [0.25, 0.3) is 0 Å². The molecule has 0 saturated carbocycles. The number of anilines is 1. The van der Waals surface area contributed by atoms with Crippen molar-refractivity contribution in [3.05, 3.63) is 51.9 Å². The van der Waals surface area contributed by atoms with E-state index in [1.165, 1.54) is 55.4 Å². The Labute approximate surface area is 196 Å². The molecule has 2 aliphatic rings. The number of aryl methyl sites for hydroxylation is 1. The first-order chi connectivity index (χ1) is 15.7. The molecule has 0 spiro atoms. The summed E-state index contributed by atoms with van der Waals surface area (Å²) in [6, 6.07) is 9.83. The zero-order valence-corrected chi connectivity index (χ0v) is 20.0. The second-order valence-corrected chi connectivity index (χ2v) is 10.4. The third-order valence-corrected chi connectivity index (χ3v) is 7.95. The van der Waals surface area contributed by atoms with Gasteiger partial charge in [0.05, 0.1) is 12.0 Å². The minimum Gasteiger partial charge on any atom is -0.339 e. The molecular formula is C27H36N2O2S. The van der Waals surface area contributed by atoms with E-state index in [1.807, 2.05) is 35.2 Å². The Hall–Kier alpha value is -2.14. The molecule has 1 N–H and O–H groups in total. The molecule has 5 heteroatoms. The van der Waals surface area contributed by atoms with Crippen molar-refractivity contribution in [1.29, 1.82) is 0 Å². The summed E-state index contributed by atoms with van der Waals surface area (Å²) >= 11 is 1.66. The highest BCUT2D eigenvalue weighted by Gasteiger charge is 2.29. The maximum Gasteiger partial charge on any atom is 0.257 e. The van der Waals surface area contributed by atoms with Crippen LogP contribution in [0.2, 0.25) is 0 Å². The van der Waals surface area contributed by atoms with Crippen LogP contribution in [0.15, 0.2) is 30.3 Å². The highest BCUT2D eigenvalue weighted by molar-refractivity contribution is 7.17. The van der Waals surface area contributed by atoms with Crippen LogP contribution in [0.5, 0.6) is 0 Å². The van der Waals surface area contributed by atoms with Crippen molar-refractivity contribution in [3.63, 3.8) is 0 Å². The molecule has 1 aliphatic heterocycles. The Morgan fingerprint density at radius 2 is 1.44 bits per heavy atom. The smallest absolute Gasteiger partial charge is 0.257 e. The predicted molar refractivity (Wildman–Crippen MR) is 133 cm³/mol. The normalized spacial score (nSPS) is 17.8. The Morgan fingerprint density at radius 3 is 2.12 bits per heavy atom. The Bertz CT molecular complexity index is 900. The van der Waals surface area contributed by atoms with Gasteiger partial charge in [0.25, 0.3) is 5.91 Å². The molecule has 1 fully saturated rings. The van der Waals surface area contributed by atoms with Crippen LogP contribution in [-0.2, 0) is 24.1 Å². The van der Waals surface area contributed by atoms with Gasteiger partial charge in [0, 0.05) is 18.0 Å². The lowest BCUT2D eigenvalue weighted by Gasteiger charge is -2.18. The first-order valence-corrected chi connectivity index (χ1v) is 13.3. The van der Waals surface area contributed by atoms with Crippen molar-refractivity contribution < 1.29 is 9.59 Å². The van der Waals surface area contributed by atoms with E-state index < -0.39 is 0 Å². The fraction of sp³-hybridized carbons (Fsp3) is 0.556. The Morgan fingerprint density at radius 1 is 0.812 bits per heavy atom. The van der Waals surface area contributed by atoms with Crippen LogP contribution < -0.4 is 5.32 Å². The first kappa shape index (κ1) is 23.0. The third-order valence-electron chi connectivity index (χ3n) is 6.74. The molecule has 0 bridgehead atoms. The number of carbonyl (C=O) groups is 2. The molecule has 1 aromatic heterocycles. The van der Waals surface area contributed by atoms with E-state index in [9.17, 15) is 9.59 Å². The quantitative estimate of drug-likeness (QED) is 0.585. The van der Waals surface area contributed by atoms with Crippen LogP contribution in [0, 0.1) is 0 Å². The van der Waals surface area contributed by atoms with Gasteiger partial charge in [-0.3, -0.25) is 9.59 Å². The summed E-state index contributed by atoms with van der Waals surface area (Å²) in [5.74, 6) is 0.0889. The van der Waals surface area contributed by atoms with Gasteiger partial charge in [-0.2, -0.15) is 0 Å². The monoisotopic (exact) mass is 452 g/mol. The molecule has 0 radical (unpaired) electrons. The van der Waals surface area contributed by atoms with Crippen LogP contribution >= 0.6 is 11.3 Å². The SMILES string of the molecule is O=C(Cc1ccccc1)Nc1sc2c(c1C(=O)N1CCCC1)CCCCCCCCCC2. The van der Waals surface area contributed by atoms with Crippen LogP contribution in [-0.4, -0.2) is 29.8 Å². The summed E-state index contributed by atoms with van der Waals surface area (Å²) in [5, 5.41) is 3.93. The zero-order chi connectivity index (χ0) is 22.2. The first-order valence-electron chi connectivity index (χ1n) is 12.5. The molecular weight excluding hydrogens is 416 g/mol. The topological polar surface area (TPSA) is 49.4 Å². The third kappa shape index (κ3) is 6.00. The number of hydrogen-bond donors (Lipinski definition) is 1. The summed E-state index contributed by atoms with van der Waals surface area (Å²) in [7, 11) is 0. The fourth-order valence-electron chi connectivity index (χ4n) is 4.97. The van der Waals surface area contributed by atoms with E-state index in [0.29, 0.717) is 6.42 Å². The van der Waals surface area contributed by atoms with Crippen LogP contribution in [0.4, 0.5) is 5.00 Å². The fourth-order valence-corrected chi connectivity index (χ4v) is 6.27. The lowest BCUT2D eigenvalue weighted by molar-refractivity contribution is -0.115. The largest absolute Gasteiger partial charge is 0.339 e. The van der Waals surface area contributed by atoms with E-state index in [1.54, 1.807) is 11.3 Å². The Balaban J connectivity index is 1.61. The molecule has 2 aromatic rings. The van der Waals surface area contributed by atoms with Crippen molar-refractivity contribution in [1.82, 2.24) is 4.90 Å². The van der Waals surface area contributed by atoms with Crippen molar-refractivity contribution in [2.24, 2.45) is 0 Å². The summed E-state index contributed by atoms with van der Waals surface area (Å²) in [6.45, 7) is 1.67. The number of fused-ring (bicyclic) bond motifs is 1. The molecule has 1 aromatic carbocycles. The van der Waals surface area contributed by atoms with Crippen molar-refractivity contribution in [3.8, 4) is 0 Å². The molecule has 2 amide bonds. The summed E-state index contributed by atoms with van der Waals surface area (Å²) in [5.41, 5.74) is 3.01. The minimum atomic E-state index is -0.0380. The van der Waals surface area contributed by atoms with Gasteiger partial charge in [0.15, 0.2) is 0 Å². The van der Waals surface area contributed by atoms with Gasteiger partial charge in [-0.1, -0.05) is 68.9 Å². The average molecular weight is 453 g/mol. The van der Waals surface area contributed by atoms with Gasteiger partial charge in [0.2, 0.25) is 5.91 Å². The van der Waals surface area contributed by atoms with Crippen LogP contribution in [0.1, 0.15) is 90.6 Å². The lowest BCUT2D eigenvalue weighted by atomic mass is 9.97. The molecule has 0 atom stereocenters. The average Bonchev–Trinajstić information content (AvgIpc) is 3.43. The van der Waals surface area contributed by atoms with E-state index in [2.05, 4.69) is 5.32 Å². The number of likely N-dealkylation sites (tertiary alicyclic amines) is 1. The second-order valence-electron chi connectivity index (χ2n) is 9.25. The molecule has 172 valence electrons. The maximum absolute atomic E-state index is 13.6. The van der Waals surface area contributed by atoms with Crippen molar-refractivity contribution in [2.75, 3.05) is 18.4 Å². The number of thiophene rings is 1. The predicted octanol–water partition coefficient (Wildman–Crippen LogP) is 6.38. The Kier molecular flexibility index (Phi) is 8.38. The molecule has 4 nitrogen and oxygen atoms in total.